The smallest absolute Gasteiger partial charge is 0.252 e. The van der Waals surface area contributed by atoms with Crippen LogP contribution < -0.4 is 10.5 Å². The van der Waals surface area contributed by atoms with Crippen LogP contribution in [0.1, 0.15) is 58.1 Å². The summed E-state index contributed by atoms with van der Waals surface area (Å²) < 4.78 is 5.44. The zero-order chi connectivity index (χ0) is 24.6. The summed E-state index contributed by atoms with van der Waals surface area (Å²) in [6.07, 6.45) is 5.94. The maximum absolute atomic E-state index is 12.8. The van der Waals surface area contributed by atoms with E-state index in [0.29, 0.717) is 6.04 Å². The second-order valence-electron chi connectivity index (χ2n) is 9.29. The van der Waals surface area contributed by atoms with E-state index >= 15 is 0 Å². The molecule has 3 aromatic heterocycles. The van der Waals surface area contributed by atoms with Crippen LogP contribution in [0.15, 0.2) is 23.3 Å². The lowest BCUT2D eigenvalue weighted by Gasteiger charge is -2.49. The fraction of sp³-hybridized carbons (Fsp3) is 0.600. The van der Waals surface area contributed by atoms with E-state index < -0.39 is 0 Å². The van der Waals surface area contributed by atoms with Crippen molar-refractivity contribution >= 4 is 16.7 Å². The van der Waals surface area contributed by atoms with Gasteiger partial charge in [-0.3, -0.25) is 14.4 Å². The van der Waals surface area contributed by atoms with Gasteiger partial charge in [0.05, 0.1) is 35.2 Å². The Morgan fingerprint density at radius 3 is 2.53 bits per heavy atom. The van der Waals surface area contributed by atoms with E-state index in [4.69, 9.17) is 10.2 Å². The number of hydrogen-bond acceptors (Lipinski definition) is 6. The van der Waals surface area contributed by atoms with Crippen LogP contribution in [0.5, 0.6) is 0 Å². The van der Waals surface area contributed by atoms with Crippen molar-refractivity contribution in [2.45, 2.75) is 78.7 Å². The number of hydrogen-bond donors (Lipinski definition) is 0. The average Bonchev–Trinajstić information content (AvgIpc) is 3.43. The van der Waals surface area contributed by atoms with Gasteiger partial charge in [0.2, 0.25) is 0 Å². The van der Waals surface area contributed by atoms with E-state index in [9.17, 15) is 4.79 Å². The maximum Gasteiger partial charge on any atom is 0.252 e. The Morgan fingerprint density at radius 1 is 1.18 bits per heavy atom. The molecule has 1 aliphatic rings. The summed E-state index contributed by atoms with van der Waals surface area (Å²) in [5.74, 6) is 1.05. The van der Waals surface area contributed by atoms with Gasteiger partial charge in [0, 0.05) is 51.0 Å². The molecule has 0 N–H and O–H groups in total. The van der Waals surface area contributed by atoms with Crippen molar-refractivity contribution in [1.29, 1.82) is 5.26 Å². The minimum atomic E-state index is -0.0571. The van der Waals surface area contributed by atoms with Gasteiger partial charge in [-0.2, -0.15) is 10.4 Å². The standard InChI is InChI=1S/C25H36N8O/c1-7-19-14-33(22-12-24(34)29(6)23-16-31(11-10-26)28-25(22)23)20(8-2)13-32(19)17(4)21-15-30(9-3)18(5)27-21/h12,15-17,19-20H,7-9,11,13-14H2,1-6H3/t17?,19-,20+/m1/s1. The number of pyridine rings is 1. The molecular formula is C25H36N8O. The van der Waals surface area contributed by atoms with Gasteiger partial charge >= 0.3 is 0 Å². The first-order valence-electron chi connectivity index (χ1n) is 12.3. The molecule has 1 saturated heterocycles. The van der Waals surface area contributed by atoms with Crippen LogP contribution >= 0.6 is 0 Å². The minimum Gasteiger partial charge on any atom is -0.364 e. The van der Waals surface area contributed by atoms with E-state index in [1.165, 1.54) is 0 Å². The molecule has 0 radical (unpaired) electrons. The lowest BCUT2D eigenvalue weighted by atomic mass is 9.98. The molecule has 0 saturated carbocycles. The highest BCUT2D eigenvalue weighted by molar-refractivity contribution is 5.88. The van der Waals surface area contributed by atoms with Gasteiger partial charge in [-0.15, -0.1) is 0 Å². The van der Waals surface area contributed by atoms with Gasteiger partial charge < -0.3 is 14.0 Å². The monoisotopic (exact) mass is 464 g/mol. The normalized spacial score (nSPS) is 20.1. The average molecular weight is 465 g/mol. The number of fused-ring (bicyclic) bond motifs is 1. The molecule has 1 fully saturated rings. The highest BCUT2D eigenvalue weighted by atomic mass is 16.1. The van der Waals surface area contributed by atoms with Gasteiger partial charge in [-0.25, -0.2) is 4.98 Å². The zero-order valence-corrected chi connectivity index (χ0v) is 21.2. The Morgan fingerprint density at radius 2 is 1.91 bits per heavy atom. The molecule has 9 heteroatoms. The van der Waals surface area contributed by atoms with Crippen LogP contribution in [0.2, 0.25) is 0 Å². The number of nitrogens with zero attached hydrogens (tertiary/aromatic N) is 8. The van der Waals surface area contributed by atoms with Gasteiger partial charge in [0.1, 0.15) is 17.9 Å². The predicted molar refractivity (Wildman–Crippen MR) is 134 cm³/mol. The highest BCUT2D eigenvalue weighted by Crippen LogP contribution is 2.34. The fourth-order valence-corrected chi connectivity index (χ4v) is 5.29. The van der Waals surface area contributed by atoms with Crippen molar-refractivity contribution in [2.75, 3.05) is 18.0 Å². The number of nitriles is 1. The Bertz CT molecular complexity index is 1260. The number of aromatic nitrogens is 5. The van der Waals surface area contributed by atoms with Crippen LogP contribution in [0, 0.1) is 18.3 Å². The summed E-state index contributed by atoms with van der Waals surface area (Å²) >= 11 is 0. The lowest BCUT2D eigenvalue weighted by molar-refractivity contribution is 0.0993. The summed E-state index contributed by atoms with van der Waals surface area (Å²) in [6.45, 7) is 13.7. The lowest BCUT2D eigenvalue weighted by Crippen LogP contribution is -2.58. The molecule has 4 rings (SSSR count). The van der Waals surface area contributed by atoms with E-state index in [1.54, 1.807) is 28.6 Å². The molecule has 1 aliphatic heterocycles. The largest absolute Gasteiger partial charge is 0.364 e. The van der Waals surface area contributed by atoms with Gasteiger partial charge in [0.15, 0.2) is 0 Å². The molecule has 1 unspecified atom stereocenters. The quantitative estimate of drug-likeness (QED) is 0.534. The Kier molecular flexibility index (Phi) is 6.80. The van der Waals surface area contributed by atoms with Gasteiger partial charge in [-0.05, 0) is 33.6 Å². The first kappa shape index (κ1) is 24.0. The zero-order valence-electron chi connectivity index (χ0n) is 21.2. The van der Waals surface area contributed by atoms with Crippen molar-refractivity contribution in [1.82, 2.24) is 28.8 Å². The van der Waals surface area contributed by atoms with Crippen molar-refractivity contribution in [2.24, 2.45) is 7.05 Å². The molecule has 0 spiro atoms. The van der Waals surface area contributed by atoms with Crippen LogP contribution in [0.3, 0.4) is 0 Å². The number of rotatable bonds is 7. The summed E-state index contributed by atoms with van der Waals surface area (Å²) in [5, 5.41) is 13.8. The molecule has 3 aromatic rings. The summed E-state index contributed by atoms with van der Waals surface area (Å²) in [5.41, 5.74) is 3.48. The molecule has 34 heavy (non-hydrogen) atoms. The van der Waals surface area contributed by atoms with Crippen LogP contribution in [-0.2, 0) is 20.1 Å². The van der Waals surface area contributed by atoms with Crippen molar-refractivity contribution in [3.63, 3.8) is 0 Å². The molecule has 0 aromatic carbocycles. The third-order valence-electron chi connectivity index (χ3n) is 7.42. The van der Waals surface area contributed by atoms with Crippen molar-refractivity contribution < 1.29 is 0 Å². The summed E-state index contributed by atoms with van der Waals surface area (Å²) in [7, 11) is 1.76. The third-order valence-corrected chi connectivity index (χ3v) is 7.42. The van der Waals surface area contributed by atoms with Gasteiger partial charge in [-0.1, -0.05) is 13.8 Å². The summed E-state index contributed by atoms with van der Waals surface area (Å²) in [4.78, 5) is 22.7. The third kappa shape index (κ3) is 4.11. The van der Waals surface area contributed by atoms with Crippen LogP contribution in [-0.4, -0.2) is 54.0 Å². The molecule has 0 bridgehead atoms. The Balaban J connectivity index is 1.71. The van der Waals surface area contributed by atoms with Crippen molar-refractivity contribution in [3.05, 3.63) is 40.3 Å². The first-order valence-corrected chi connectivity index (χ1v) is 12.3. The second kappa shape index (κ2) is 9.63. The van der Waals surface area contributed by atoms with E-state index in [-0.39, 0.29) is 24.2 Å². The molecule has 0 aliphatic carbocycles. The Hall–Kier alpha value is -3.12. The Labute approximate surface area is 201 Å². The first-order chi connectivity index (χ1) is 16.3. The SMILES string of the molecule is CC[C@H]1CN(C(C)c2cn(CC)c(C)n2)[C@H](CC)CN1c1cc(=O)n(C)c2cn(CC#N)nc12. The van der Waals surface area contributed by atoms with E-state index in [0.717, 1.165) is 60.7 Å². The summed E-state index contributed by atoms with van der Waals surface area (Å²) in [6, 6.07) is 4.64. The fourth-order valence-electron chi connectivity index (χ4n) is 5.29. The van der Waals surface area contributed by atoms with E-state index in [1.807, 2.05) is 0 Å². The minimum absolute atomic E-state index is 0.0571. The predicted octanol–water partition coefficient (Wildman–Crippen LogP) is 3.22. The number of aryl methyl sites for hydroxylation is 3. The topological polar surface area (TPSA) is 87.9 Å². The molecule has 9 nitrogen and oxygen atoms in total. The number of anilines is 1. The second-order valence-corrected chi connectivity index (χ2v) is 9.29. The highest BCUT2D eigenvalue weighted by Gasteiger charge is 2.37. The molecule has 0 amide bonds. The number of imidazole rings is 1. The van der Waals surface area contributed by atoms with Crippen molar-refractivity contribution in [3.8, 4) is 6.07 Å². The molecule has 3 atom stereocenters. The molecule has 4 heterocycles. The number of piperazine rings is 1. The molecular weight excluding hydrogens is 428 g/mol. The van der Waals surface area contributed by atoms with Crippen LogP contribution in [0.4, 0.5) is 5.69 Å². The maximum atomic E-state index is 12.8. The van der Waals surface area contributed by atoms with E-state index in [2.05, 4.69) is 66.4 Å². The molecule has 182 valence electrons. The van der Waals surface area contributed by atoms with Crippen LogP contribution in [0.25, 0.3) is 11.0 Å². The van der Waals surface area contributed by atoms with Gasteiger partial charge in [0.25, 0.3) is 5.56 Å².